The molecule has 0 aromatic carbocycles. The first-order chi connectivity index (χ1) is 5.06. The number of rotatable bonds is 5. The van der Waals surface area contributed by atoms with Gasteiger partial charge in [0.1, 0.15) is 0 Å². The lowest BCUT2D eigenvalue weighted by molar-refractivity contribution is 0.155. The lowest BCUT2D eigenvalue weighted by Gasteiger charge is -2.14. The number of aliphatic imine (C=N–C) groups is 1. The third kappa shape index (κ3) is 9.56. The van der Waals surface area contributed by atoms with Gasteiger partial charge in [0, 0.05) is 14.7 Å². The summed E-state index contributed by atoms with van der Waals surface area (Å²) in [5, 5.41) is 0. The normalized spacial score (nSPS) is 10.8. The zero-order valence-electron chi connectivity index (χ0n) is 7.42. The Kier molecular flexibility index (Phi) is 5.03. The molecule has 4 heteroatoms. The molecule has 1 N–H and O–H groups in total. The van der Waals surface area contributed by atoms with Gasteiger partial charge >= 0.3 is 6.08 Å². The summed E-state index contributed by atoms with van der Waals surface area (Å²) < 4.78 is 5.10. The summed E-state index contributed by atoms with van der Waals surface area (Å²) in [6, 6.07) is 1.13. The van der Waals surface area contributed by atoms with Crippen molar-refractivity contribution < 1.29 is 9.53 Å². The molecule has 0 bridgehead atoms. The SMILES string of the molecule is C[Si](C)(C)CCOCN=C=[OH+]. The largest absolute Gasteiger partial charge is 0.468 e. The van der Waals surface area contributed by atoms with Gasteiger partial charge in [-0.05, 0) is 6.04 Å². The number of carbonyl (C=O) groups excluding carboxylic acids is 1. The maximum atomic E-state index is 8.04. The summed E-state index contributed by atoms with van der Waals surface area (Å²) in [7, 11) is -0.967. The van der Waals surface area contributed by atoms with Gasteiger partial charge in [0.25, 0.3) is 0 Å². The number of hydrogen-bond donors (Lipinski definition) is 0. The first-order valence-electron chi connectivity index (χ1n) is 3.69. The standard InChI is InChI=1S/C7H15NO2Si/c1-11(2,3)5-4-10-7-8-6-9/h4-5,7H2,1-3H3/p+1. The molecule has 0 aliphatic rings. The van der Waals surface area contributed by atoms with Gasteiger partial charge in [-0.3, -0.25) is 0 Å². The molecule has 0 aliphatic carbocycles. The topological polar surface area (TPSA) is 43.0 Å². The highest BCUT2D eigenvalue weighted by atomic mass is 28.3. The first kappa shape index (κ1) is 10.6. The zero-order chi connectivity index (χ0) is 8.74. The van der Waals surface area contributed by atoms with Crippen LogP contribution in [0.15, 0.2) is 4.99 Å². The molecular weight excluding hydrogens is 158 g/mol. The fourth-order valence-corrected chi connectivity index (χ4v) is 1.27. The Labute approximate surface area is 68.5 Å². The maximum Gasteiger partial charge on any atom is 0.468 e. The van der Waals surface area contributed by atoms with Gasteiger partial charge in [0.15, 0.2) is 6.73 Å². The highest BCUT2D eigenvalue weighted by molar-refractivity contribution is 6.76. The van der Waals surface area contributed by atoms with E-state index in [2.05, 4.69) is 24.6 Å². The van der Waals surface area contributed by atoms with E-state index in [9.17, 15) is 0 Å². The molecule has 0 fully saturated rings. The number of isocyanates is 1. The van der Waals surface area contributed by atoms with Crippen molar-refractivity contribution in [2.24, 2.45) is 4.99 Å². The summed E-state index contributed by atoms with van der Waals surface area (Å²) in [5.41, 5.74) is 0. The van der Waals surface area contributed by atoms with Crippen molar-refractivity contribution in [2.45, 2.75) is 25.7 Å². The molecule has 0 aliphatic heterocycles. The third-order valence-corrected chi connectivity index (χ3v) is 2.93. The van der Waals surface area contributed by atoms with Gasteiger partial charge in [-0.1, -0.05) is 19.6 Å². The molecule has 0 spiro atoms. The van der Waals surface area contributed by atoms with Crippen LogP contribution < -0.4 is 0 Å². The predicted molar refractivity (Wildman–Crippen MR) is 48.3 cm³/mol. The van der Waals surface area contributed by atoms with E-state index in [1.165, 1.54) is 0 Å². The second-order valence-corrected chi connectivity index (χ2v) is 9.23. The molecule has 3 nitrogen and oxygen atoms in total. The highest BCUT2D eigenvalue weighted by Gasteiger charge is 2.11. The molecule has 0 aromatic heterocycles. The van der Waals surface area contributed by atoms with E-state index >= 15 is 0 Å². The highest BCUT2D eigenvalue weighted by Crippen LogP contribution is 2.07. The second-order valence-electron chi connectivity index (χ2n) is 3.61. The van der Waals surface area contributed by atoms with E-state index in [0.29, 0.717) is 0 Å². The molecule has 0 saturated heterocycles. The van der Waals surface area contributed by atoms with Crippen molar-refractivity contribution in [3.05, 3.63) is 0 Å². The summed E-state index contributed by atoms with van der Waals surface area (Å²) in [4.78, 5) is 11.4. The first-order valence-corrected chi connectivity index (χ1v) is 7.40. The van der Waals surface area contributed by atoms with Crippen LogP contribution >= 0.6 is 0 Å². The van der Waals surface area contributed by atoms with Crippen LogP contribution in [0.25, 0.3) is 0 Å². The smallest absolute Gasteiger partial charge is 0.358 e. The Morgan fingerprint density at radius 3 is 2.55 bits per heavy atom. The van der Waals surface area contributed by atoms with Crippen molar-refractivity contribution in [1.29, 1.82) is 0 Å². The minimum Gasteiger partial charge on any atom is -0.358 e. The monoisotopic (exact) mass is 174 g/mol. The van der Waals surface area contributed by atoms with Gasteiger partial charge < -0.3 is 4.74 Å². The average molecular weight is 174 g/mol. The Hall–Kier alpha value is -0.443. The van der Waals surface area contributed by atoms with Crippen LogP contribution in [0.1, 0.15) is 0 Å². The van der Waals surface area contributed by atoms with E-state index < -0.39 is 8.07 Å². The molecule has 0 aromatic rings. The Balaban J connectivity index is 3.21. The van der Waals surface area contributed by atoms with E-state index in [1.807, 2.05) is 0 Å². The summed E-state index contributed by atoms with van der Waals surface area (Å²) in [6.45, 7) is 7.83. The Morgan fingerprint density at radius 2 is 2.09 bits per heavy atom. The Morgan fingerprint density at radius 1 is 1.45 bits per heavy atom. The number of ether oxygens (including phenoxy) is 1. The summed E-state index contributed by atoms with van der Waals surface area (Å²) >= 11 is 0. The van der Waals surface area contributed by atoms with Gasteiger partial charge in [0.05, 0.1) is 0 Å². The van der Waals surface area contributed by atoms with Crippen LogP contribution in [0.2, 0.25) is 25.7 Å². The Bertz CT molecular complexity index is 147. The molecule has 0 atom stereocenters. The van der Waals surface area contributed by atoms with Gasteiger partial charge in [0.2, 0.25) is 0 Å². The molecule has 0 saturated carbocycles. The van der Waals surface area contributed by atoms with E-state index in [0.717, 1.165) is 12.7 Å². The van der Waals surface area contributed by atoms with Gasteiger partial charge in [-0.25, -0.2) is 4.79 Å². The van der Waals surface area contributed by atoms with Crippen molar-refractivity contribution >= 4 is 14.2 Å². The quantitative estimate of drug-likeness (QED) is 0.205. The minimum absolute atomic E-state index is 0.223. The third-order valence-electron chi connectivity index (χ3n) is 1.22. The number of nitrogens with zero attached hydrogens (tertiary/aromatic N) is 1. The molecular formula is C7H16NO2Si+. The zero-order valence-corrected chi connectivity index (χ0v) is 8.42. The lowest BCUT2D eigenvalue weighted by atomic mass is 10.8. The molecule has 0 rings (SSSR count). The molecule has 64 valence electrons. The molecule has 0 amide bonds. The van der Waals surface area contributed by atoms with E-state index in [4.69, 9.17) is 9.53 Å². The van der Waals surface area contributed by atoms with Crippen LogP contribution in [0.5, 0.6) is 0 Å². The predicted octanol–water partition coefficient (Wildman–Crippen LogP) is 1.58. The van der Waals surface area contributed by atoms with Crippen molar-refractivity contribution in [3.8, 4) is 0 Å². The summed E-state index contributed by atoms with van der Waals surface area (Å²) in [5.74, 6) is 0. The van der Waals surface area contributed by atoms with Crippen LogP contribution in [-0.4, -0.2) is 32.3 Å². The van der Waals surface area contributed by atoms with E-state index in [-0.39, 0.29) is 6.73 Å². The molecule has 11 heavy (non-hydrogen) atoms. The summed E-state index contributed by atoms with van der Waals surface area (Å²) in [6.07, 6.45) is 1.68. The van der Waals surface area contributed by atoms with Crippen LogP contribution in [0.3, 0.4) is 0 Å². The van der Waals surface area contributed by atoms with Gasteiger partial charge in [-0.15, -0.1) is 4.99 Å². The fourth-order valence-electron chi connectivity index (χ4n) is 0.517. The second kappa shape index (κ2) is 5.24. The van der Waals surface area contributed by atoms with E-state index in [1.54, 1.807) is 6.08 Å². The molecule has 0 heterocycles. The molecule has 0 radical (unpaired) electrons. The van der Waals surface area contributed by atoms with Crippen molar-refractivity contribution in [2.75, 3.05) is 13.3 Å². The minimum atomic E-state index is -0.967. The average Bonchev–Trinajstić information content (AvgIpc) is 1.85. The van der Waals surface area contributed by atoms with Crippen LogP contribution in [0, 0.1) is 0 Å². The van der Waals surface area contributed by atoms with Gasteiger partial charge in [-0.2, -0.15) is 0 Å². The van der Waals surface area contributed by atoms with Crippen LogP contribution in [-0.2, 0) is 4.74 Å². The fraction of sp³-hybridized carbons (Fsp3) is 0.857. The number of hydrogen-bond acceptors (Lipinski definition) is 2. The van der Waals surface area contributed by atoms with Crippen LogP contribution in [0.4, 0.5) is 0 Å². The molecule has 0 unspecified atom stereocenters. The maximum absolute atomic E-state index is 8.04. The lowest BCUT2D eigenvalue weighted by Crippen LogP contribution is -2.21. The van der Waals surface area contributed by atoms with Crippen molar-refractivity contribution in [1.82, 2.24) is 0 Å². The van der Waals surface area contributed by atoms with Crippen molar-refractivity contribution in [3.63, 3.8) is 0 Å².